The molecule has 33 heavy (non-hydrogen) atoms. The topological polar surface area (TPSA) is 95.1 Å². The van der Waals surface area contributed by atoms with Crippen LogP contribution in [0.25, 0.3) is 11.0 Å². The number of rotatable bonds is 5. The summed E-state index contributed by atoms with van der Waals surface area (Å²) in [6.45, 7) is 0. The average Bonchev–Trinajstić information content (AvgIpc) is 3.12. The van der Waals surface area contributed by atoms with Crippen molar-refractivity contribution in [2.75, 3.05) is 5.75 Å². The van der Waals surface area contributed by atoms with Gasteiger partial charge in [-0.05, 0) is 68.0 Å². The number of hydrogen-bond donors (Lipinski definition) is 1. The summed E-state index contributed by atoms with van der Waals surface area (Å²) in [5.74, 6) is -1.76. The maximum Gasteiger partial charge on any atom is 0.416 e. The maximum atomic E-state index is 13.8. The molecule has 1 heterocycles. The molecule has 1 saturated carbocycles. The molecule has 0 spiro atoms. The zero-order valence-electron chi connectivity index (χ0n) is 17.3. The fourth-order valence-corrected chi connectivity index (χ4v) is 6.19. The van der Waals surface area contributed by atoms with Crippen LogP contribution in [0, 0.1) is 11.7 Å². The molecule has 3 aromatic rings. The summed E-state index contributed by atoms with van der Waals surface area (Å²) in [4.78, 5) is 15.8. The smallest absolute Gasteiger partial charge is 0.363 e. The number of hydrogen-bond acceptors (Lipinski definition) is 4. The molecule has 1 amide bonds. The molecular weight excluding hydrogens is 462 g/mol. The highest BCUT2D eigenvalue weighted by atomic mass is 32.2. The van der Waals surface area contributed by atoms with E-state index in [1.165, 1.54) is 24.3 Å². The van der Waals surface area contributed by atoms with Crippen molar-refractivity contribution in [3.8, 4) is 0 Å². The van der Waals surface area contributed by atoms with Gasteiger partial charge in [0.15, 0.2) is 15.7 Å². The van der Waals surface area contributed by atoms with Crippen molar-refractivity contribution >= 4 is 26.8 Å². The predicted molar refractivity (Wildman–Crippen MR) is 113 cm³/mol. The van der Waals surface area contributed by atoms with E-state index in [1.807, 2.05) is 0 Å². The molecule has 1 aliphatic rings. The van der Waals surface area contributed by atoms with Gasteiger partial charge < -0.3 is 10.3 Å². The third kappa shape index (κ3) is 4.73. The second-order valence-corrected chi connectivity index (χ2v) is 10.3. The summed E-state index contributed by atoms with van der Waals surface area (Å²) in [6, 6.07) is 7.49. The van der Waals surface area contributed by atoms with Crippen molar-refractivity contribution < 1.29 is 30.8 Å². The van der Waals surface area contributed by atoms with Crippen LogP contribution in [0.3, 0.4) is 0 Å². The lowest BCUT2D eigenvalue weighted by atomic mass is 9.87. The summed E-state index contributed by atoms with van der Waals surface area (Å²) in [6.07, 6.45) is -2.71. The van der Waals surface area contributed by atoms with E-state index in [1.54, 1.807) is 4.57 Å². The van der Waals surface area contributed by atoms with E-state index < -0.39 is 33.3 Å². The first kappa shape index (κ1) is 23.2. The Morgan fingerprint density at radius 2 is 1.79 bits per heavy atom. The van der Waals surface area contributed by atoms with Gasteiger partial charge in [-0.1, -0.05) is 6.07 Å². The molecule has 0 bridgehead atoms. The number of carbonyl (C=O) groups excluding carboxylic acids is 1. The predicted octanol–water partition coefficient (Wildman–Crippen LogP) is 4.50. The van der Waals surface area contributed by atoms with Gasteiger partial charge in [0, 0.05) is 6.04 Å². The number of fused-ring (bicyclic) bond motifs is 1. The summed E-state index contributed by atoms with van der Waals surface area (Å²) in [5.41, 5.74) is 5.32. The minimum absolute atomic E-state index is 0.00985. The molecule has 0 unspecified atom stereocenters. The fourth-order valence-electron chi connectivity index (χ4n) is 4.45. The molecule has 1 fully saturated rings. The van der Waals surface area contributed by atoms with Crippen LogP contribution in [0.15, 0.2) is 47.4 Å². The van der Waals surface area contributed by atoms with Crippen LogP contribution in [-0.4, -0.2) is 29.6 Å². The third-order valence-electron chi connectivity index (χ3n) is 6.03. The van der Waals surface area contributed by atoms with E-state index in [9.17, 15) is 30.8 Å². The lowest BCUT2D eigenvalue weighted by Crippen LogP contribution is -2.27. The highest BCUT2D eigenvalue weighted by molar-refractivity contribution is 7.91. The quantitative estimate of drug-likeness (QED) is 0.541. The molecule has 0 saturated heterocycles. The zero-order valence-corrected chi connectivity index (χ0v) is 18.2. The number of amides is 1. The van der Waals surface area contributed by atoms with Crippen LogP contribution >= 0.6 is 0 Å². The molecule has 4 rings (SSSR count). The lowest BCUT2D eigenvalue weighted by Gasteiger charge is -2.30. The van der Waals surface area contributed by atoms with Gasteiger partial charge in [-0.25, -0.2) is 17.8 Å². The molecule has 6 nitrogen and oxygen atoms in total. The van der Waals surface area contributed by atoms with E-state index in [-0.39, 0.29) is 28.4 Å². The summed E-state index contributed by atoms with van der Waals surface area (Å²) in [7, 11) is -3.92. The average molecular weight is 483 g/mol. The Kier molecular flexibility index (Phi) is 5.94. The van der Waals surface area contributed by atoms with Crippen LogP contribution < -0.4 is 5.73 Å². The standard InChI is InChI=1S/C22H21F4N3O3S/c23-15-6-9-18-19(11-15)29(21(28-18)20(27)30)16-7-4-13(5-8-16)12-33(31,32)17-3-1-2-14(10-17)22(24,25)26/h1-3,6,9-11,13,16H,4-5,7-8,12H2,(H2,27,30). The normalized spacial score (nSPS) is 19.6. The van der Waals surface area contributed by atoms with Gasteiger partial charge in [0.2, 0.25) is 0 Å². The number of sulfone groups is 1. The fraction of sp³-hybridized carbons (Fsp3) is 0.364. The number of aromatic nitrogens is 2. The Balaban J connectivity index is 1.52. The van der Waals surface area contributed by atoms with Crippen LogP contribution in [0.4, 0.5) is 17.6 Å². The zero-order chi connectivity index (χ0) is 24.0. The minimum atomic E-state index is -4.63. The second kappa shape index (κ2) is 8.44. The molecule has 1 aromatic heterocycles. The largest absolute Gasteiger partial charge is 0.416 e. The van der Waals surface area contributed by atoms with Crippen molar-refractivity contribution in [3.05, 3.63) is 59.7 Å². The number of primary amides is 1. The molecule has 11 heteroatoms. The van der Waals surface area contributed by atoms with Crippen LogP contribution in [0.5, 0.6) is 0 Å². The SMILES string of the molecule is NC(=O)c1nc2ccc(F)cc2n1C1CCC(CS(=O)(=O)c2cccc(C(F)(F)F)c2)CC1. The molecule has 2 N–H and O–H groups in total. The Labute approximate surface area is 187 Å². The van der Waals surface area contributed by atoms with Gasteiger partial charge >= 0.3 is 6.18 Å². The number of halogens is 4. The van der Waals surface area contributed by atoms with Gasteiger partial charge in [0.1, 0.15) is 5.82 Å². The van der Waals surface area contributed by atoms with E-state index >= 15 is 0 Å². The van der Waals surface area contributed by atoms with Crippen molar-refractivity contribution in [1.82, 2.24) is 9.55 Å². The first-order valence-electron chi connectivity index (χ1n) is 10.3. The molecule has 176 valence electrons. The second-order valence-electron chi connectivity index (χ2n) is 8.28. The number of nitrogens with two attached hydrogens (primary N) is 1. The first-order chi connectivity index (χ1) is 15.5. The van der Waals surface area contributed by atoms with Crippen LogP contribution in [0.1, 0.15) is 47.9 Å². The number of carbonyl (C=O) groups is 1. The summed E-state index contributed by atoms with van der Waals surface area (Å²) < 4.78 is 79.8. The number of benzene rings is 2. The molecule has 2 aromatic carbocycles. The number of nitrogens with zero attached hydrogens (tertiary/aromatic N) is 2. The molecule has 0 atom stereocenters. The molecule has 0 aliphatic heterocycles. The first-order valence-corrected chi connectivity index (χ1v) is 12.0. The van der Waals surface area contributed by atoms with Crippen LogP contribution in [-0.2, 0) is 16.0 Å². The highest BCUT2D eigenvalue weighted by Gasteiger charge is 2.33. The van der Waals surface area contributed by atoms with E-state index in [4.69, 9.17) is 5.73 Å². The number of imidazole rings is 1. The Morgan fingerprint density at radius 3 is 2.42 bits per heavy atom. The third-order valence-corrected chi connectivity index (χ3v) is 7.91. The van der Waals surface area contributed by atoms with Gasteiger partial charge in [0.05, 0.1) is 27.2 Å². The molecule has 1 aliphatic carbocycles. The van der Waals surface area contributed by atoms with E-state index in [0.29, 0.717) is 42.8 Å². The monoisotopic (exact) mass is 483 g/mol. The Bertz CT molecular complexity index is 1310. The molecule has 0 radical (unpaired) electrons. The van der Waals surface area contributed by atoms with Crippen molar-refractivity contribution in [3.63, 3.8) is 0 Å². The van der Waals surface area contributed by atoms with Gasteiger partial charge in [0.25, 0.3) is 5.91 Å². The Morgan fingerprint density at radius 1 is 1.09 bits per heavy atom. The van der Waals surface area contributed by atoms with Crippen molar-refractivity contribution in [1.29, 1.82) is 0 Å². The highest BCUT2D eigenvalue weighted by Crippen LogP contribution is 2.37. The van der Waals surface area contributed by atoms with Gasteiger partial charge in [-0.2, -0.15) is 13.2 Å². The van der Waals surface area contributed by atoms with Gasteiger partial charge in [-0.3, -0.25) is 4.79 Å². The van der Waals surface area contributed by atoms with Crippen LogP contribution in [0.2, 0.25) is 0 Å². The Hall–Kier alpha value is -2.95. The van der Waals surface area contributed by atoms with Gasteiger partial charge in [-0.15, -0.1) is 0 Å². The maximum absolute atomic E-state index is 13.8. The summed E-state index contributed by atoms with van der Waals surface area (Å²) >= 11 is 0. The van der Waals surface area contributed by atoms with Crippen molar-refractivity contribution in [2.45, 2.75) is 42.8 Å². The van der Waals surface area contributed by atoms with E-state index in [0.717, 1.165) is 12.1 Å². The minimum Gasteiger partial charge on any atom is -0.363 e. The lowest BCUT2D eigenvalue weighted by molar-refractivity contribution is -0.137. The summed E-state index contributed by atoms with van der Waals surface area (Å²) in [5, 5.41) is 0. The number of alkyl halides is 3. The molecular formula is C22H21F4N3O3S. The van der Waals surface area contributed by atoms with E-state index in [2.05, 4.69) is 4.98 Å². The van der Waals surface area contributed by atoms with Crippen molar-refractivity contribution in [2.24, 2.45) is 11.7 Å².